The van der Waals surface area contributed by atoms with Crippen LogP contribution in [-0.2, 0) is 6.54 Å². The molecule has 1 heterocycles. The topological polar surface area (TPSA) is 73.4 Å². The van der Waals surface area contributed by atoms with E-state index in [9.17, 15) is 14.5 Å². The zero-order valence-electron chi connectivity index (χ0n) is 12.2. The van der Waals surface area contributed by atoms with Crippen LogP contribution in [0.25, 0.3) is 0 Å². The van der Waals surface area contributed by atoms with Crippen LogP contribution in [0, 0.1) is 15.9 Å². The Kier molecular flexibility index (Phi) is 5.42. The van der Waals surface area contributed by atoms with Gasteiger partial charge in [-0.25, -0.2) is 4.39 Å². The van der Waals surface area contributed by atoms with Gasteiger partial charge < -0.3 is 9.64 Å². The molecule has 0 aliphatic carbocycles. The van der Waals surface area contributed by atoms with Crippen LogP contribution in [0.1, 0.15) is 0 Å². The SMILES string of the molecule is CN(CCOc1ccccc1F)CCn1cc([N+](=O)[O-])cn1. The first kappa shape index (κ1) is 15.9. The molecule has 0 amide bonds. The molecule has 2 aromatic rings. The summed E-state index contributed by atoms with van der Waals surface area (Å²) in [5.41, 5.74) is -0.0226. The molecule has 0 fully saturated rings. The van der Waals surface area contributed by atoms with Crippen LogP contribution in [0.3, 0.4) is 0 Å². The summed E-state index contributed by atoms with van der Waals surface area (Å²) in [5, 5.41) is 14.5. The van der Waals surface area contributed by atoms with E-state index >= 15 is 0 Å². The van der Waals surface area contributed by atoms with Crippen molar-refractivity contribution in [2.75, 3.05) is 26.7 Å². The van der Waals surface area contributed by atoms with E-state index in [0.717, 1.165) is 0 Å². The number of benzene rings is 1. The number of hydrogen-bond donors (Lipinski definition) is 0. The van der Waals surface area contributed by atoms with Crippen molar-refractivity contribution in [1.29, 1.82) is 0 Å². The molecule has 0 N–H and O–H groups in total. The third-order valence-corrected chi connectivity index (χ3v) is 3.11. The van der Waals surface area contributed by atoms with Crippen molar-refractivity contribution in [2.24, 2.45) is 0 Å². The molecule has 0 spiro atoms. The third-order valence-electron chi connectivity index (χ3n) is 3.11. The summed E-state index contributed by atoms with van der Waals surface area (Å²) in [6.45, 7) is 2.15. The summed E-state index contributed by atoms with van der Waals surface area (Å²) in [6, 6.07) is 6.26. The highest BCUT2D eigenvalue weighted by molar-refractivity contribution is 5.23. The first-order chi connectivity index (χ1) is 10.6. The van der Waals surface area contributed by atoms with Crippen molar-refractivity contribution in [3.8, 4) is 5.75 Å². The number of likely N-dealkylation sites (N-methyl/N-ethyl adjacent to an activating group) is 1. The number of hydrogen-bond acceptors (Lipinski definition) is 5. The summed E-state index contributed by atoms with van der Waals surface area (Å²) >= 11 is 0. The number of nitrogens with zero attached hydrogens (tertiary/aromatic N) is 4. The van der Waals surface area contributed by atoms with E-state index in [1.165, 1.54) is 23.1 Å². The lowest BCUT2D eigenvalue weighted by atomic mass is 10.3. The predicted octanol–water partition coefficient (Wildman–Crippen LogP) is 1.94. The second-order valence-corrected chi connectivity index (χ2v) is 4.80. The second kappa shape index (κ2) is 7.51. The van der Waals surface area contributed by atoms with Gasteiger partial charge in [-0.2, -0.15) is 5.10 Å². The lowest BCUT2D eigenvalue weighted by Gasteiger charge is -2.16. The fourth-order valence-electron chi connectivity index (χ4n) is 1.83. The minimum Gasteiger partial charge on any atom is -0.489 e. The first-order valence-electron chi connectivity index (χ1n) is 6.79. The number of ether oxygens (including phenoxy) is 1. The molecule has 0 radical (unpaired) electrons. The maximum atomic E-state index is 13.3. The van der Waals surface area contributed by atoms with E-state index in [4.69, 9.17) is 4.74 Å². The second-order valence-electron chi connectivity index (χ2n) is 4.80. The van der Waals surface area contributed by atoms with E-state index < -0.39 is 4.92 Å². The standard InChI is InChI=1S/C14H17FN4O3/c1-17(6-7-18-11-12(10-16-18)19(20)21)8-9-22-14-5-3-2-4-13(14)15/h2-5,10-11H,6-9H2,1H3. The fourth-order valence-corrected chi connectivity index (χ4v) is 1.83. The van der Waals surface area contributed by atoms with E-state index in [1.54, 1.807) is 18.2 Å². The van der Waals surface area contributed by atoms with Crippen LogP contribution in [-0.4, -0.2) is 46.3 Å². The van der Waals surface area contributed by atoms with Gasteiger partial charge in [-0.15, -0.1) is 0 Å². The van der Waals surface area contributed by atoms with Crippen LogP contribution >= 0.6 is 0 Å². The molecule has 8 heteroatoms. The Morgan fingerprint density at radius 1 is 1.41 bits per heavy atom. The van der Waals surface area contributed by atoms with Gasteiger partial charge in [-0.3, -0.25) is 14.8 Å². The normalized spacial score (nSPS) is 10.9. The minimum absolute atomic E-state index is 0.0226. The summed E-state index contributed by atoms with van der Waals surface area (Å²) < 4.78 is 20.2. The van der Waals surface area contributed by atoms with E-state index in [-0.39, 0.29) is 17.3 Å². The van der Waals surface area contributed by atoms with Crippen LogP contribution in [0.15, 0.2) is 36.7 Å². The van der Waals surface area contributed by atoms with Gasteiger partial charge in [0.1, 0.15) is 19.0 Å². The Hall–Kier alpha value is -2.48. The third kappa shape index (κ3) is 4.52. The Bertz CT molecular complexity index is 632. The lowest BCUT2D eigenvalue weighted by Crippen LogP contribution is -2.28. The molecule has 1 aromatic heterocycles. The first-order valence-corrected chi connectivity index (χ1v) is 6.79. The Morgan fingerprint density at radius 3 is 2.86 bits per heavy atom. The highest BCUT2D eigenvalue weighted by atomic mass is 19.1. The number of nitro groups is 1. The highest BCUT2D eigenvalue weighted by Gasteiger charge is 2.09. The van der Waals surface area contributed by atoms with Crippen LogP contribution in [0.2, 0.25) is 0 Å². The van der Waals surface area contributed by atoms with E-state index in [1.807, 2.05) is 11.9 Å². The van der Waals surface area contributed by atoms with Gasteiger partial charge in [0.25, 0.3) is 0 Å². The molecule has 0 atom stereocenters. The van der Waals surface area contributed by atoms with E-state index in [0.29, 0.717) is 26.2 Å². The fraction of sp³-hybridized carbons (Fsp3) is 0.357. The Balaban J connectivity index is 1.70. The number of halogens is 1. The van der Waals surface area contributed by atoms with Crippen molar-refractivity contribution in [3.05, 3.63) is 52.6 Å². The molecule has 0 saturated carbocycles. The largest absolute Gasteiger partial charge is 0.489 e. The molecular formula is C14H17FN4O3. The number of rotatable bonds is 8. The molecule has 2 rings (SSSR count). The smallest absolute Gasteiger partial charge is 0.306 e. The molecule has 0 bridgehead atoms. The molecule has 0 saturated heterocycles. The van der Waals surface area contributed by atoms with Gasteiger partial charge in [0.15, 0.2) is 11.6 Å². The molecule has 0 aliphatic heterocycles. The average molecular weight is 308 g/mol. The minimum atomic E-state index is -0.477. The maximum Gasteiger partial charge on any atom is 0.306 e. The van der Waals surface area contributed by atoms with E-state index in [2.05, 4.69) is 5.10 Å². The van der Waals surface area contributed by atoms with Crippen molar-refractivity contribution < 1.29 is 14.1 Å². The zero-order valence-corrected chi connectivity index (χ0v) is 12.2. The molecule has 22 heavy (non-hydrogen) atoms. The van der Waals surface area contributed by atoms with Crippen molar-refractivity contribution in [2.45, 2.75) is 6.54 Å². The zero-order chi connectivity index (χ0) is 15.9. The van der Waals surface area contributed by atoms with Crippen LogP contribution in [0.5, 0.6) is 5.75 Å². The summed E-state index contributed by atoms with van der Waals surface area (Å²) in [5.74, 6) is -0.146. The van der Waals surface area contributed by atoms with Gasteiger partial charge in [-0.1, -0.05) is 12.1 Å². The maximum absolute atomic E-state index is 13.3. The van der Waals surface area contributed by atoms with Crippen molar-refractivity contribution in [1.82, 2.24) is 14.7 Å². The Morgan fingerprint density at radius 2 is 2.18 bits per heavy atom. The molecular weight excluding hydrogens is 291 g/mol. The van der Waals surface area contributed by atoms with Gasteiger partial charge in [0.05, 0.1) is 11.5 Å². The van der Waals surface area contributed by atoms with Gasteiger partial charge >= 0.3 is 5.69 Å². The molecule has 1 aromatic carbocycles. The summed E-state index contributed by atoms with van der Waals surface area (Å²) in [4.78, 5) is 12.1. The molecule has 118 valence electrons. The van der Waals surface area contributed by atoms with Gasteiger partial charge in [-0.05, 0) is 19.2 Å². The quantitative estimate of drug-likeness (QED) is 0.550. The monoisotopic (exact) mass is 308 g/mol. The predicted molar refractivity (Wildman–Crippen MR) is 78.3 cm³/mol. The Labute approximate surface area is 127 Å². The number of para-hydroxylation sites is 1. The van der Waals surface area contributed by atoms with Crippen LogP contribution < -0.4 is 4.74 Å². The summed E-state index contributed by atoms with van der Waals surface area (Å²) in [7, 11) is 1.89. The number of aromatic nitrogens is 2. The van der Waals surface area contributed by atoms with Crippen LogP contribution in [0.4, 0.5) is 10.1 Å². The molecule has 0 aliphatic rings. The van der Waals surface area contributed by atoms with Gasteiger partial charge in [0.2, 0.25) is 0 Å². The lowest BCUT2D eigenvalue weighted by molar-refractivity contribution is -0.385. The van der Waals surface area contributed by atoms with Gasteiger partial charge in [0, 0.05) is 13.1 Å². The van der Waals surface area contributed by atoms with Crippen molar-refractivity contribution >= 4 is 5.69 Å². The highest BCUT2D eigenvalue weighted by Crippen LogP contribution is 2.15. The van der Waals surface area contributed by atoms with Crippen molar-refractivity contribution in [3.63, 3.8) is 0 Å². The average Bonchev–Trinajstić information content (AvgIpc) is 2.96. The summed E-state index contributed by atoms with van der Waals surface area (Å²) in [6.07, 6.45) is 2.62. The molecule has 0 unspecified atom stereocenters. The molecule has 7 nitrogen and oxygen atoms in total.